The second-order valence-electron chi connectivity index (χ2n) is 8.07. The Labute approximate surface area is 202 Å². The van der Waals surface area contributed by atoms with Crippen LogP contribution in [0.2, 0.25) is 0 Å². The van der Waals surface area contributed by atoms with Crippen molar-refractivity contribution < 1.29 is 30.0 Å². The lowest BCUT2D eigenvalue weighted by Crippen LogP contribution is -2.54. The molecule has 1 aliphatic rings. The minimum atomic E-state index is -6.03. The van der Waals surface area contributed by atoms with Crippen molar-refractivity contribution in [3.8, 4) is 0 Å². The SMILES string of the molecule is C=C1c2cccc(C)c2N(S(=O)(=O)C(F)(F)F)[C@H]1N(c1ccccc1)S(=O)(=O)c1ccc(C)cc1. The monoisotopic (exact) mass is 522 g/mol. The number of alkyl halides is 3. The second kappa shape index (κ2) is 8.42. The van der Waals surface area contributed by atoms with Gasteiger partial charge in [0.1, 0.15) is 0 Å². The molecule has 0 amide bonds. The number of halogens is 3. The molecule has 0 fully saturated rings. The lowest BCUT2D eigenvalue weighted by Gasteiger charge is -2.37. The van der Waals surface area contributed by atoms with Gasteiger partial charge in [-0.05, 0) is 49.2 Å². The van der Waals surface area contributed by atoms with E-state index in [1.54, 1.807) is 31.2 Å². The number of fused-ring (bicyclic) bond motifs is 1. The van der Waals surface area contributed by atoms with Crippen LogP contribution in [0.15, 0.2) is 84.3 Å². The normalized spacial score (nSPS) is 16.3. The van der Waals surface area contributed by atoms with E-state index < -0.39 is 31.7 Å². The van der Waals surface area contributed by atoms with Crippen LogP contribution < -0.4 is 8.61 Å². The highest BCUT2D eigenvalue weighted by atomic mass is 32.2. The van der Waals surface area contributed by atoms with E-state index in [1.807, 2.05) is 0 Å². The van der Waals surface area contributed by atoms with E-state index in [4.69, 9.17) is 0 Å². The molecule has 11 heteroatoms. The van der Waals surface area contributed by atoms with Gasteiger partial charge in [0.25, 0.3) is 10.0 Å². The van der Waals surface area contributed by atoms with Crippen LogP contribution in [0.4, 0.5) is 24.5 Å². The summed E-state index contributed by atoms with van der Waals surface area (Å²) >= 11 is 0. The third-order valence-electron chi connectivity index (χ3n) is 5.70. The first-order valence-corrected chi connectivity index (χ1v) is 13.2. The molecule has 3 aromatic carbocycles. The Morgan fingerprint density at radius 1 is 0.857 bits per heavy atom. The Morgan fingerprint density at radius 2 is 1.46 bits per heavy atom. The van der Waals surface area contributed by atoms with Gasteiger partial charge in [-0.15, -0.1) is 0 Å². The largest absolute Gasteiger partial charge is 0.516 e. The zero-order chi connectivity index (χ0) is 25.8. The molecule has 0 aromatic heterocycles. The number of anilines is 2. The zero-order valence-corrected chi connectivity index (χ0v) is 20.3. The lowest BCUT2D eigenvalue weighted by atomic mass is 10.1. The number of nitrogens with zero attached hydrogens (tertiary/aromatic N) is 2. The van der Waals surface area contributed by atoms with Crippen molar-refractivity contribution in [2.75, 3.05) is 8.61 Å². The Kier molecular flexibility index (Phi) is 5.97. The number of aryl methyl sites for hydroxylation is 2. The molecular formula is C24H21F3N2O4S2. The van der Waals surface area contributed by atoms with E-state index in [2.05, 4.69) is 6.58 Å². The molecule has 6 nitrogen and oxygen atoms in total. The minimum absolute atomic E-state index is 0.0212. The van der Waals surface area contributed by atoms with Crippen LogP contribution in [-0.4, -0.2) is 28.5 Å². The van der Waals surface area contributed by atoms with E-state index in [-0.39, 0.29) is 37.3 Å². The predicted molar refractivity (Wildman–Crippen MR) is 129 cm³/mol. The van der Waals surface area contributed by atoms with Gasteiger partial charge in [0, 0.05) is 5.56 Å². The summed E-state index contributed by atoms with van der Waals surface area (Å²) in [5.41, 5.74) is -4.97. The Balaban J connectivity index is 2.05. The van der Waals surface area contributed by atoms with Crippen LogP contribution >= 0.6 is 0 Å². The standard InChI is InChI=1S/C24H21F3N2O4S2/c1-16-12-14-20(15-13-16)34(30,31)28(19-9-5-4-6-10-19)23-18(3)21-11-7-8-17(2)22(21)29(23)35(32,33)24(25,26)27/h4-15,23H,3H2,1-2H3/t23-/m1/s1. The van der Waals surface area contributed by atoms with Gasteiger partial charge in [0.05, 0.1) is 16.3 Å². The van der Waals surface area contributed by atoms with E-state index >= 15 is 0 Å². The van der Waals surface area contributed by atoms with Crippen LogP contribution in [0.5, 0.6) is 0 Å². The molecule has 184 valence electrons. The Hall–Kier alpha value is -3.31. The number of hydrogen-bond donors (Lipinski definition) is 0. The highest BCUT2D eigenvalue weighted by Crippen LogP contribution is 2.49. The van der Waals surface area contributed by atoms with Gasteiger partial charge in [-0.25, -0.2) is 17.0 Å². The van der Waals surface area contributed by atoms with Gasteiger partial charge in [-0.3, -0.25) is 0 Å². The molecule has 0 unspecified atom stereocenters. The highest BCUT2D eigenvalue weighted by molar-refractivity contribution is 7.94. The molecule has 1 aliphatic heterocycles. The Morgan fingerprint density at radius 3 is 2.03 bits per heavy atom. The maximum atomic E-state index is 13.9. The summed E-state index contributed by atoms with van der Waals surface area (Å²) in [6.45, 7) is 7.06. The van der Waals surface area contributed by atoms with Gasteiger partial charge in [0.15, 0.2) is 6.17 Å². The fraction of sp³-hybridized carbons (Fsp3) is 0.167. The lowest BCUT2D eigenvalue weighted by molar-refractivity contribution is -0.0439. The van der Waals surface area contributed by atoms with Crippen LogP contribution in [0, 0.1) is 13.8 Å². The summed E-state index contributed by atoms with van der Waals surface area (Å²) in [6, 6.07) is 17.5. The predicted octanol–water partition coefficient (Wildman–Crippen LogP) is 5.21. The third kappa shape index (κ3) is 3.98. The molecule has 1 heterocycles. The van der Waals surface area contributed by atoms with Gasteiger partial charge < -0.3 is 0 Å². The number of hydrogen-bond acceptors (Lipinski definition) is 4. The molecule has 35 heavy (non-hydrogen) atoms. The van der Waals surface area contributed by atoms with E-state index in [9.17, 15) is 30.0 Å². The van der Waals surface area contributed by atoms with Gasteiger partial charge in [-0.2, -0.15) is 21.6 Å². The molecule has 4 rings (SSSR count). The van der Waals surface area contributed by atoms with Crippen LogP contribution in [0.25, 0.3) is 5.57 Å². The second-order valence-corrected chi connectivity index (χ2v) is 11.7. The molecule has 0 aliphatic carbocycles. The fourth-order valence-corrected chi connectivity index (χ4v) is 6.86. The van der Waals surface area contributed by atoms with Crippen molar-refractivity contribution in [2.24, 2.45) is 0 Å². The van der Waals surface area contributed by atoms with Gasteiger partial charge in [-0.1, -0.05) is 60.7 Å². The fourth-order valence-electron chi connectivity index (χ4n) is 4.02. The number of sulfonamides is 2. The van der Waals surface area contributed by atoms with Crippen molar-refractivity contribution >= 4 is 37.0 Å². The number of para-hydroxylation sites is 2. The first-order chi connectivity index (χ1) is 16.3. The van der Waals surface area contributed by atoms with E-state index in [0.29, 0.717) is 4.31 Å². The molecule has 3 aromatic rings. The van der Waals surface area contributed by atoms with Crippen molar-refractivity contribution in [1.82, 2.24) is 0 Å². The number of benzene rings is 3. The smallest absolute Gasteiger partial charge is 0.239 e. The van der Waals surface area contributed by atoms with Crippen molar-refractivity contribution in [3.63, 3.8) is 0 Å². The summed E-state index contributed by atoms with van der Waals surface area (Å²) in [4.78, 5) is -0.211. The molecule has 0 bridgehead atoms. The zero-order valence-electron chi connectivity index (χ0n) is 18.7. The van der Waals surface area contributed by atoms with Crippen LogP contribution in [0.1, 0.15) is 16.7 Å². The summed E-state index contributed by atoms with van der Waals surface area (Å²) in [5.74, 6) is 0. The third-order valence-corrected chi connectivity index (χ3v) is 8.98. The Bertz CT molecular complexity index is 1500. The average Bonchev–Trinajstić information content (AvgIpc) is 3.08. The molecule has 0 saturated heterocycles. The topological polar surface area (TPSA) is 74.8 Å². The summed E-state index contributed by atoms with van der Waals surface area (Å²) in [6.07, 6.45) is -1.92. The molecule has 1 atom stereocenters. The summed E-state index contributed by atoms with van der Waals surface area (Å²) in [7, 11) is -10.6. The molecule has 0 spiro atoms. The molecular weight excluding hydrogens is 501 g/mol. The van der Waals surface area contributed by atoms with Crippen LogP contribution in [0.3, 0.4) is 0 Å². The highest BCUT2D eigenvalue weighted by Gasteiger charge is 2.58. The van der Waals surface area contributed by atoms with E-state index in [0.717, 1.165) is 5.56 Å². The van der Waals surface area contributed by atoms with Crippen molar-refractivity contribution in [1.29, 1.82) is 0 Å². The van der Waals surface area contributed by atoms with Crippen LogP contribution in [-0.2, 0) is 20.0 Å². The first-order valence-electron chi connectivity index (χ1n) is 10.3. The number of rotatable bonds is 5. The maximum Gasteiger partial charge on any atom is 0.516 e. The average molecular weight is 523 g/mol. The molecule has 0 radical (unpaired) electrons. The molecule has 0 N–H and O–H groups in total. The van der Waals surface area contributed by atoms with Gasteiger partial charge in [0.2, 0.25) is 0 Å². The quantitative estimate of drug-likeness (QED) is 0.461. The maximum absolute atomic E-state index is 13.9. The van der Waals surface area contributed by atoms with Crippen molar-refractivity contribution in [3.05, 3.63) is 96.1 Å². The minimum Gasteiger partial charge on any atom is -0.239 e. The molecule has 0 saturated carbocycles. The van der Waals surface area contributed by atoms with E-state index in [1.165, 1.54) is 55.5 Å². The summed E-state index contributed by atoms with van der Waals surface area (Å²) in [5, 5.41) is 0. The van der Waals surface area contributed by atoms with Gasteiger partial charge >= 0.3 is 15.5 Å². The first kappa shape index (κ1) is 24.8. The van der Waals surface area contributed by atoms with Crippen molar-refractivity contribution in [2.45, 2.75) is 30.4 Å². The summed E-state index contributed by atoms with van der Waals surface area (Å²) < 4.78 is 96.2.